The highest BCUT2D eigenvalue weighted by Crippen LogP contribution is 2.30. The van der Waals surface area contributed by atoms with Gasteiger partial charge < -0.3 is 10.4 Å². The number of carboxylic acid groups (broad SMARTS) is 1. The summed E-state index contributed by atoms with van der Waals surface area (Å²) in [6.07, 6.45) is -0.283. The zero-order chi connectivity index (χ0) is 15.6. The molecule has 0 radical (unpaired) electrons. The van der Waals surface area contributed by atoms with Crippen molar-refractivity contribution in [2.75, 3.05) is 13.1 Å². The van der Waals surface area contributed by atoms with Gasteiger partial charge in [0.25, 0.3) is 0 Å². The minimum atomic E-state index is -1.04. The number of rotatable bonds is 4. The van der Waals surface area contributed by atoms with Crippen LogP contribution in [0.3, 0.4) is 0 Å². The molecule has 1 heterocycles. The molecule has 0 saturated carbocycles. The molecule has 1 fully saturated rings. The van der Waals surface area contributed by atoms with E-state index < -0.39 is 17.8 Å². The Kier molecular flexibility index (Phi) is 4.80. The van der Waals surface area contributed by atoms with Gasteiger partial charge in [-0.2, -0.15) is 0 Å². The van der Waals surface area contributed by atoms with Crippen LogP contribution in [0.2, 0.25) is 5.02 Å². The van der Waals surface area contributed by atoms with Crippen molar-refractivity contribution in [2.45, 2.75) is 25.4 Å². The summed E-state index contributed by atoms with van der Waals surface area (Å²) in [4.78, 5) is 24.6. The fourth-order valence-corrected chi connectivity index (χ4v) is 2.92. The van der Waals surface area contributed by atoms with E-state index in [9.17, 15) is 14.0 Å². The van der Waals surface area contributed by atoms with Crippen molar-refractivity contribution in [1.29, 1.82) is 0 Å². The lowest BCUT2D eigenvalue weighted by Crippen LogP contribution is -2.56. The van der Waals surface area contributed by atoms with E-state index in [0.717, 1.165) is 0 Å². The second-order valence-corrected chi connectivity index (χ2v) is 5.39. The van der Waals surface area contributed by atoms with Gasteiger partial charge >= 0.3 is 5.97 Å². The van der Waals surface area contributed by atoms with E-state index in [1.54, 1.807) is 11.0 Å². The van der Waals surface area contributed by atoms with E-state index >= 15 is 0 Å². The standard InChI is InChI=1S/C14H16ClFN2O3/c1-8(10-3-2-9(16)6-11(10)15)18-5-4-17-14(21)12(18)7-13(19)20/h2-3,6,8,12H,4-5,7H2,1H3,(H,17,21)(H,19,20). The molecule has 1 aliphatic rings. The van der Waals surface area contributed by atoms with Gasteiger partial charge in [0, 0.05) is 24.2 Å². The summed E-state index contributed by atoms with van der Waals surface area (Å²) in [5, 5.41) is 11.9. The predicted octanol–water partition coefficient (Wildman–Crippen LogP) is 1.82. The monoisotopic (exact) mass is 314 g/mol. The zero-order valence-corrected chi connectivity index (χ0v) is 12.2. The van der Waals surface area contributed by atoms with E-state index in [0.29, 0.717) is 18.7 Å². The molecular weight excluding hydrogens is 299 g/mol. The zero-order valence-electron chi connectivity index (χ0n) is 11.5. The number of nitrogens with zero attached hydrogens (tertiary/aromatic N) is 1. The van der Waals surface area contributed by atoms with Crippen LogP contribution in [0.15, 0.2) is 18.2 Å². The summed E-state index contributed by atoms with van der Waals surface area (Å²) in [7, 11) is 0. The molecule has 1 aromatic rings. The Morgan fingerprint density at radius 2 is 2.33 bits per heavy atom. The first-order chi connectivity index (χ1) is 9.90. The fourth-order valence-electron chi connectivity index (χ4n) is 2.59. The number of carboxylic acids is 1. The third-order valence-electron chi connectivity index (χ3n) is 3.65. The van der Waals surface area contributed by atoms with E-state index in [4.69, 9.17) is 16.7 Å². The highest BCUT2D eigenvalue weighted by molar-refractivity contribution is 6.31. The second-order valence-electron chi connectivity index (χ2n) is 4.98. The average molecular weight is 315 g/mol. The van der Waals surface area contributed by atoms with Gasteiger partial charge in [-0.05, 0) is 24.6 Å². The Morgan fingerprint density at radius 3 is 2.95 bits per heavy atom. The molecule has 0 bridgehead atoms. The second kappa shape index (κ2) is 6.41. The molecule has 1 amide bonds. The van der Waals surface area contributed by atoms with Gasteiger partial charge in [0.2, 0.25) is 5.91 Å². The lowest BCUT2D eigenvalue weighted by atomic mass is 10.0. The van der Waals surface area contributed by atoms with Crippen LogP contribution in [-0.4, -0.2) is 41.0 Å². The van der Waals surface area contributed by atoms with Crippen LogP contribution in [0.25, 0.3) is 0 Å². The lowest BCUT2D eigenvalue weighted by Gasteiger charge is -2.38. The van der Waals surface area contributed by atoms with E-state index in [-0.39, 0.29) is 23.4 Å². The highest BCUT2D eigenvalue weighted by atomic mass is 35.5. The first kappa shape index (κ1) is 15.7. The molecule has 0 aromatic heterocycles. The summed E-state index contributed by atoms with van der Waals surface area (Å²) >= 11 is 6.05. The topological polar surface area (TPSA) is 69.6 Å². The Hall–Kier alpha value is -1.66. The maximum atomic E-state index is 13.1. The Balaban J connectivity index is 2.27. The summed E-state index contributed by atoms with van der Waals surface area (Å²) in [6, 6.07) is 3.03. The SMILES string of the molecule is CC(c1ccc(F)cc1Cl)N1CCNC(=O)C1CC(=O)O. The van der Waals surface area contributed by atoms with Gasteiger partial charge in [-0.1, -0.05) is 17.7 Å². The van der Waals surface area contributed by atoms with Crippen molar-refractivity contribution in [2.24, 2.45) is 0 Å². The van der Waals surface area contributed by atoms with Gasteiger partial charge in [-0.25, -0.2) is 4.39 Å². The molecule has 0 aliphatic carbocycles. The molecule has 1 aromatic carbocycles. The number of aliphatic carboxylic acids is 1. The van der Waals surface area contributed by atoms with Crippen LogP contribution >= 0.6 is 11.6 Å². The normalized spacial score (nSPS) is 20.9. The molecule has 2 rings (SSSR count). The van der Waals surface area contributed by atoms with Gasteiger partial charge in [0.15, 0.2) is 0 Å². The summed E-state index contributed by atoms with van der Waals surface area (Å²) in [5.74, 6) is -1.79. The van der Waals surface area contributed by atoms with Crippen molar-refractivity contribution < 1.29 is 19.1 Å². The molecule has 1 aliphatic heterocycles. The van der Waals surface area contributed by atoms with Crippen LogP contribution in [0.1, 0.15) is 24.9 Å². The van der Waals surface area contributed by atoms with E-state index in [1.165, 1.54) is 12.1 Å². The maximum absolute atomic E-state index is 13.1. The first-order valence-electron chi connectivity index (χ1n) is 6.60. The highest BCUT2D eigenvalue weighted by Gasteiger charge is 2.35. The molecule has 0 spiro atoms. The molecular formula is C14H16ClFN2O3. The van der Waals surface area contributed by atoms with Crippen LogP contribution in [0, 0.1) is 5.82 Å². The largest absolute Gasteiger partial charge is 0.481 e. The Bertz CT molecular complexity index is 567. The van der Waals surface area contributed by atoms with E-state index in [2.05, 4.69) is 5.32 Å². The lowest BCUT2D eigenvalue weighted by molar-refractivity contribution is -0.143. The number of nitrogens with one attached hydrogen (secondary N) is 1. The number of amides is 1. The van der Waals surface area contributed by atoms with Gasteiger partial charge in [0.05, 0.1) is 6.42 Å². The number of piperazine rings is 1. The predicted molar refractivity (Wildman–Crippen MR) is 75.6 cm³/mol. The van der Waals surface area contributed by atoms with Crippen LogP contribution in [0.5, 0.6) is 0 Å². The Labute approximate surface area is 126 Å². The molecule has 7 heteroatoms. The minimum Gasteiger partial charge on any atom is -0.481 e. The first-order valence-corrected chi connectivity index (χ1v) is 6.98. The number of benzene rings is 1. The number of carbonyl (C=O) groups excluding carboxylic acids is 1. The van der Waals surface area contributed by atoms with Gasteiger partial charge in [-0.15, -0.1) is 0 Å². The summed E-state index contributed by atoms with van der Waals surface area (Å²) in [5.41, 5.74) is 0.670. The van der Waals surface area contributed by atoms with Crippen molar-refractivity contribution in [3.05, 3.63) is 34.6 Å². The fraction of sp³-hybridized carbons (Fsp3) is 0.429. The summed E-state index contributed by atoms with van der Waals surface area (Å²) in [6.45, 7) is 2.78. The molecule has 5 nitrogen and oxygen atoms in total. The number of carbonyl (C=O) groups is 2. The van der Waals surface area contributed by atoms with Crippen molar-refractivity contribution in [3.63, 3.8) is 0 Å². The molecule has 2 N–H and O–H groups in total. The summed E-state index contributed by atoms with van der Waals surface area (Å²) < 4.78 is 13.1. The van der Waals surface area contributed by atoms with Crippen molar-refractivity contribution in [1.82, 2.24) is 10.2 Å². The average Bonchev–Trinajstić information content (AvgIpc) is 2.40. The van der Waals surface area contributed by atoms with Crippen LogP contribution in [0.4, 0.5) is 4.39 Å². The Morgan fingerprint density at radius 1 is 1.62 bits per heavy atom. The minimum absolute atomic E-state index is 0.266. The van der Waals surface area contributed by atoms with Gasteiger partial charge in [-0.3, -0.25) is 14.5 Å². The number of halogens is 2. The maximum Gasteiger partial charge on any atom is 0.305 e. The number of hydrogen-bond acceptors (Lipinski definition) is 3. The van der Waals surface area contributed by atoms with E-state index in [1.807, 2.05) is 6.92 Å². The molecule has 2 unspecified atom stereocenters. The quantitative estimate of drug-likeness (QED) is 0.889. The molecule has 1 saturated heterocycles. The third-order valence-corrected chi connectivity index (χ3v) is 3.98. The van der Waals surface area contributed by atoms with Crippen LogP contribution < -0.4 is 5.32 Å². The third kappa shape index (κ3) is 3.51. The molecule has 114 valence electrons. The van der Waals surface area contributed by atoms with Crippen molar-refractivity contribution in [3.8, 4) is 0 Å². The van der Waals surface area contributed by atoms with Crippen LogP contribution in [-0.2, 0) is 9.59 Å². The molecule has 2 atom stereocenters. The van der Waals surface area contributed by atoms with Crippen molar-refractivity contribution >= 4 is 23.5 Å². The molecule has 21 heavy (non-hydrogen) atoms. The number of hydrogen-bond donors (Lipinski definition) is 2. The van der Waals surface area contributed by atoms with Gasteiger partial charge in [0.1, 0.15) is 11.9 Å². The smallest absolute Gasteiger partial charge is 0.305 e.